The Labute approximate surface area is 416 Å². The number of aromatic nitrogens is 2. The van der Waals surface area contributed by atoms with E-state index in [-0.39, 0.29) is 46.4 Å². The number of esters is 1. The molecular weight excluding hydrogens is 926 g/mol. The maximum atomic E-state index is 15.9. The molecule has 17 nitrogen and oxygen atoms in total. The molecular formula is C50H63B3N5O12P. The number of ether oxygens (including phenoxy) is 4. The fraction of sp³-hybridized carbons (Fsp3) is 0.460. The molecule has 9 rings (SSSR count). The van der Waals surface area contributed by atoms with Crippen LogP contribution in [0.2, 0.25) is 6.82 Å². The SMILES string of the molecule is CCCCOC(=O)[C@@H](C)OP(=O)(COCCCN1C(=O)N(Cc2ccc3c(c2)c(N(B2CO2)B2CO2)nn3B(C)O)[C@H](Cc2ccccc2)[C@@H]2OC(C)(C)O[C@H]2[C@H]1Cc1ccccc1)Oc1ccccc1. The van der Waals surface area contributed by atoms with Crippen molar-refractivity contribution in [2.24, 2.45) is 0 Å². The molecule has 4 saturated heterocycles. The van der Waals surface area contributed by atoms with Crippen LogP contribution in [0, 0.1) is 0 Å². The molecule has 4 aliphatic heterocycles. The summed E-state index contributed by atoms with van der Waals surface area (Å²) in [7, 11) is -5.36. The number of rotatable bonds is 24. The number of anilines is 1. The number of carbonyl (C=O) groups excluding carboxylic acids is 2. The molecule has 1 N–H and O–H groups in total. The van der Waals surface area contributed by atoms with E-state index in [4.69, 9.17) is 42.4 Å². The second-order valence-electron chi connectivity index (χ2n) is 19.1. The van der Waals surface area contributed by atoms with Crippen LogP contribution in [0.25, 0.3) is 10.9 Å². The van der Waals surface area contributed by atoms with E-state index in [1.165, 1.54) is 6.92 Å². The van der Waals surface area contributed by atoms with E-state index in [0.29, 0.717) is 50.3 Å². The van der Waals surface area contributed by atoms with E-state index in [1.54, 1.807) is 41.7 Å². The Morgan fingerprint density at radius 2 is 1.46 bits per heavy atom. The van der Waals surface area contributed by atoms with Crippen molar-refractivity contribution in [1.29, 1.82) is 0 Å². The van der Waals surface area contributed by atoms with Crippen LogP contribution in [0.4, 0.5) is 10.6 Å². The average molecular weight is 989 g/mol. The Bertz CT molecular complexity index is 2620. The molecule has 6 atom stereocenters. The van der Waals surface area contributed by atoms with Crippen molar-refractivity contribution < 1.29 is 56.5 Å². The molecule has 4 aliphatic rings. The first-order valence-electron chi connectivity index (χ1n) is 24.8. The van der Waals surface area contributed by atoms with Gasteiger partial charge in [-0.25, -0.2) is 14.2 Å². The van der Waals surface area contributed by atoms with Gasteiger partial charge < -0.3 is 52.3 Å². The Kier molecular flexibility index (Phi) is 15.9. The van der Waals surface area contributed by atoms with E-state index in [0.717, 1.165) is 34.0 Å². The van der Waals surface area contributed by atoms with Crippen LogP contribution in [0.3, 0.4) is 0 Å². The van der Waals surface area contributed by atoms with Crippen molar-refractivity contribution in [1.82, 2.24) is 19.5 Å². The predicted molar refractivity (Wildman–Crippen MR) is 271 cm³/mol. The van der Waals surface area contributed by atoms with Gasteiger partial charge in [-0.1, -0.05) is 98.3 Å². The summed E-state index contributed by atoms with van der Waals surface area (Å²) in [6, 6.07) is 33.6. The first-order valence-corrected chi connectivity index (χ1v) is 26.5. The third-order valence-corrected chi connectivity index (χ3v) is 14.7. The fourth-order valence-corrected chi connectivity index (χ4v) is 11.1. The standard InChI is InChI=1S/C50H63B3N5O12P/c1-6-7-28-64-48(59)36(2)69-71(62,70-40-22-15-10-16-23-40)35-63-27-17-26-55-43(30-37-18-11-8-12-19-37)45-46(68-50(3,4)67-45)44(31-38-20-13-9-14-21-38)56(49(55)60)32-39-24-25-42-41(29-39)47(54-58(42)51(5)61)57(52-33-65-52)53-34-66-53/h8-16,18-25,29,36,43-46,61H,6-7,17,26-28,30-35H2,1-5H3/t36-,43-,44-,45+,46+,71?/m1/s1. The normalized spacial score (nSPS) is 21.6. The minimum Gasteiger partial charge on any atom is -0.464 e. The van der Waals surface area contributed by atoms with Gasteiger partial charge in [0, 0.05) is 25.1 Å². The topological polar surface area (TPSA) is 179 Å². The number of nitrogens with zero attached hydrogens (tertiary/aromatic N) is 5. The number of hydrogen-bond donors (Lipinski definition) is 1. The van der Waals surface area contributed by atoms with Crippen molar-refractivity contribution in [3.63, 3.8) is 0 Å². The maximum Gasteiger partial charge on any atom is 0.431 e. The molecule has 71 heavy (non-hydrogen) atoms. The molecule has 1 unspecified atom stereocenters. The van der Waals surface area contributed by atoms with Crippen molar-refractivity contribution in [2.45, 2.75) is 109 Å². The third-order valence-electron chi connectivity index (χ3n) is 13.1. The summed E-state index contributed by atoms with van der Waals surface area (Å²) in [5, 5.41) is 16.5. The molecule has 2 amide bonds. The zero-order chi connectivity index (χ0) is 49.7. The number of hydrogen-bond acceptors (Lipinski definition) is 14. The quantitative estimate of drug-likeness (QED) is 0.0214. The molecule has 4 aromatic carbocycles. The summed E-state index contributed by atoms with van der Waals surface area (Å²) in [6.07, 6.45) is 0.133. The summed E-state index contributed by atoms with van der Waals surface area (Å²) in [5.41, 5.74) is 3.65. The van der Waals surface area contributed by atoms with Gasteiger partial charge in [0.1, 0.15) is 23.8 Å². The van der Waals surface area contributed by atoms with Gasteiger partial charge in [-0.2, -0.15) is 5.10 Å². The minimum atomic E-state index is -4.08. The van der Waals surface area contributed by atoms with E-state index in [9.17, 15) is 14.4 Å². The Balaban J connectivity index is 1.03. The maximum absolute atomic E-state index is 15.9. The van der Waals surface area contributed by atoms with Gasteiger partial charge in [-0.15, -0.1) is 0 Å². The van der Waals surface area contributed by atoms with Gasteiger partial charge in [0.25, 0.3) is 0 Å². The molecule has 0 radical (unpaired) electrons. The lowest BCUT2D eigenvalue weighted by atomic mass is 9.76. The number of urea groups is 1. The zero-order valence-electron chi connectivity index (χ0n) is 41.1. The Morgan fingerprint density at radius 3 is 2.04 bits per heavy atom. The fourth-order valence-electron chi connectivity index (χ4n) is 9.59. The lowest BCUT2D eigenvalue weighted by Crippen LogP contribution is -2.52. The molecule has 0 bridgehead atoms. The molecule has 5 heterocycles. The average Bonchev–Trinajstić information content (AvgIpc) is 4.31. The smallest absolute Gasteiger partial charge is 0.431 e. The van der Waals surface area contributed by atoms with E-state index >= 15 is 4.79 Å². The van der Waals surface area contributed by atoms with Crippen LogP contribution in [0.15, 0.2) is 109 Å². The van der Waals surface area contributed by atoms with E-state index in [1.807, 2.05) is 89.9 Å². The van der Waals surface area contributed by atoms with Crippen LogP contribution in [-0.4, -0.2) is 133 Å². The number of benzene rings is 4. The second-order valence-corrected chi connectivity index (χ2v) is 21.0. The molecule has 0 aliphatic carbocycles. The summed E-state index contributed by atoms with van der Waals surface area (Å²) < 4.78 is 66.5. The summed E-state index contributed by atoms with van der Waals surface area (Å²) in [6.45, 7) is 10.8. The Morgan fingerprint density at radius 1 is 0.873 bits per heavy atom. The summed E-state index contributed by atoms with van der Waals surface area (Å²) in [5.74, 6) is -0.681. The largest absolute Gasteiger partial charge is 0.464 e. The van der Waals surface area contributed by atoms with E-state index < -0.39 is 63.1 Å². The predicted octanol–water partition coefficient (Wildman–Crippen LogP) is 7.28. The van der Waals surface area contributed by atoms with Crippen LogP contribution in [-0.2, 0) is 61.5 Å². The monoisotopic (exact) mass is 989 g/mol. The first kappa shape index (κ1) is 50.8. The Hall–Kier alpha value is -5.17. The third kappa shape index (κ3) is 12.4. The van der Waals surface area contributed by atoms with Gasteiger partial charge >= 0.3 is 40.7 Å². The van der Waals surface area contributed by atoms with Crippen LogP contribution < -0.4 is 9.25 Å². The highest BCUT2D eigenvalue weighted by atomic mass is 31.2. The molecule has 21 heteroatoms. The second kappa shape index (κ2) is 22.3. The highest BCUT2D eigenvalue weighted by Gasteiger charge is 2.56. The molecule has 4 fully saturated rings. The number of fused-ring (bicyclic) bond motifs is 2. The minimum absolute atomic E-state index is 0.0751. The number of para-hydroxylation sites is 1. The van der Waals surface area contributed by atoms with E-state index in [2.05, 4.69) is 24.3 Å². The highest BCUT2D eigenvalue weighted by molar-refractivity contribution is 7.54. The van der Waals surface area contributed by atoms with Gasteiger partial charge in [0.15, 0.2) is 18.2 Å². The van der Waals surface area contributed by atoms with Crippen LogP contribution in [0.1, 0.15) is 63.6 Å². The van der Waals surface area contributed by atoms with Gasteiger partial charge in [-0.3, -0.25) is 9.12 Å². The summed E-state index contributed by atoms with van der Waals surface area (Å²) >= 11 is 0. The molecule has 374 valence electrons. The molecule has 5 aromatic rings. The van der Waals surface area contributed by atoms with Gasteiger partial charge in [-0.05, 0) is 94.2 Å². The lowest BCUT2D eigenvalue weighted by Gasteiger charge is -2.37. The number of carbonyl (C=O) groups is 2. The molecule has 0 saturated carbocycles. The molecule has 0 spiro atoms. The lowest BCUT2D eigenvalue weighted by molar-refractivity contribution is -0.157. The van der Waals surface area contributed by atoms with Gasteiger partial charge in [0.2, 0.25) is 0 Å². The van der Waals surface area contributed by atoms with Crippen LogP contribution in [0.5, 0.6) is 5.75 Å². The molecule has 1 aromatic heterocycles. The van der Waals surface area contributed by atoms with Crippen molar-refractivity contribution in [3.05, 3.63) is 126 Å². The number of amides is 2. The van der Waals surface area contributed by atoms with Crippen molar-refractivity contribution in [2.75, 3.05) is 43.8 Å². The van der Waals surface area contributed by atoms with Crippen molar-refractivity contribution >= 4 is 57.5 Å². The highest BCUT2D eigenvalue weighted by Crippen LogP contribution is 2.50. The number of unbranched alkanes of at least 4 members (excludes halogenated alkanes) is 1. The zero-order valence-corrected chi connectivity index (χ0v) is 42.0. The van der Waals surface area contributed by atoms with Gasteiger partial charge in [0.05, 0.1) is 37.2 Å². The first-order chi connectivity index (χ1) is 34.3. The van der Waals surface area contributed by atoms with Crippen LogP contribution >= 0.6 is 7.60 Å². The summed E-state index contributed by atoms with van der Waals surface area (Å²) in [4.78, 5) is 32.5. The van der Waals surface area contributed by atoms with Crippen molar-refractivity contribution in [3.8, 4) is 5.75 Å².